The Labute approximate surface area is 145 Å². The predicted molar refractivity (Wildman–Crippen MR) is 93.4 cm³/mol. The Balaban J connectivity index is 1.72. The zero-order valence-corrected chi connectivity index (χ0v) is 13.9. The summed E-state index contributed by atoms with van der Waals surface area (Å²) in [6.45, 7) is 2.98. The quantitative estimate of drug-likeness (QED) is 0.914. The average molecular weight is 341 g/mol. The molecule has 0 radical (unpaired) electrons. The molecular weight excluding hydrogens is 322 g/mol. The van der Waals surface area contributed by atoms with E-state index in [-0.39, 0.29) is 11.5 Å². The van der Waals surface area contributed by atoms with Gasteiger partial charge < -0.3 is 19.6 Å². The molecule has 1 fully saturated rings. The Morgan fingerprint density at radius 1 is 1.08 bits per heavy atom. The van der Waals surface area contributed by atoms with Crippen molar-refractivity contribution in [2.24, 2.45) is 0 Å². The van der Waals surface area contributed by atoms with Crippen molar-refractivity contribution in [1.82, 2.24) is 4.98 Å². The first-order chi connectivity index (χ1) is 12.1. The predicted octanol–water partition coefficient (Wildman–Crippen LogP) is 1.89. The number of anilines is 2. The van der Waals surface area contributed by atoms with Crippen LogP contribution >= 0.6 is 0 Å². The summed E-state index contributed by atoms with van der Waals surface area (Å²) in [4.78, 5) is 31.5. The van der Waals surface area contributed by atoms with E-state index < -0.39 is 5.97 Å². The second-order valence-corrected chi connectivity index (χ2v) is 5.72. The largest absolute Gasteiger partial charge is 0.478 e. The molecule has 0 saturated carbocycles. The van der Waals surface area contributed by atoms with Crippen LogP contribution in [0.1, 0.15) is 20.7 Å². The van der Waals surface area contributed by atoms with Crippen molar-refractivity contribution in [2.45, 2.75) is 0 Å². The number of benzene rings is 1. The molecule has 1 amide bonds. The number of carboxylic acids is 1. The molecule has 1 aromatic heterocycles. The number of hydrogen-bond donors (Lipinski definition) is 1. The van der Waals surface area contributed by atoms with E-state index >= 15 is 0 Å². The maximum absolute atomic E-state index is 12.5. The number of aromatic carboxylic acids is 1. The number of ether oxygens (including phenoxy) is 1. The minimum atomic E-state index is -1.02. The van der Waals surface area contributed by atoms with Crippen molar-refractivity contribution in [1.29, 1.82) is 0 Å². The number of amides is 1. The standard InChI is InChI=1S/C18H19N3O4/c1-20(17(22)13-2-4-14(5-3-13)18(23)24)15-6-7-16(19-12-15)21-8-10-25-11-9-21/h2-7,12H,8-11H2,1H3,(H,23,24). The first-order valence-corrected chi connectivity index (χ1v) is 7.96. The van der Waals surface area contributed by atoms with Crippen LogP contribution in [0.4, 0.5) is 11.5 Å². The van der Waals surface area contributed by atoms with E-state index in [4.69, 9.17) is 9.84 Å². The minimum absolute atomic E-state index is 0.149. The summed E-state index contributed by atoms with van der Waals surface area (Å²) < 4.78 is 5.33. The van der Waals surface area contributed by atoms with Crippen LogP contribution in [0.15, 0.2) is 42.6 Å². The van der Waals surface area contributed by atoms with Gasteiger partial charge in [0.1, 0.15) is 5.82 Å². The summed E-state index contributed by atoms with van der Waals surface area (Å²) in [5.41, 5.74) is 1.24. The molecule has 25 heavy (non-hydrogen) atoms. The second kappa shape index (κ2) is 7.31. The zero-order valence-electron chi connectivity index (χ0n) is 13.9. The van der Waals surface area contributed by atoms with Gasteiger partial charge in [-0.25, -0.2) is 9.78 Å². The number of aromatic nitrogens is 1. The normalized spacial score (nSPS) is 14.2. The Hall–Kier alpha value is -2.93. The number of rotatable bonds is 4. The Bertz CT molecular complexity index is 753. The fourth-order valence-corrected chi connectivity index (χ4v) is 2.62. The second-order valence-electron chi connectivity index (χ2n) is 5.72. The SMILES string of the molecule is CN(C(=O)c1ccc(C(=O)O)cc1)c1ccc(N2CCOCC2)nc1. The molecule has 0 unspecified atom stereocenters. The summed E-state index contributed by atoms with van der Waals surface area (Å²) in [5, 5.41) is 8.92. The molecule has 130 valence electrons. The Kier molecular flexibility index (Phi) is 4.95. The van der Waals surface area contributed by atoms with Gasteiger partial charge >= 0.3 is 5.97 Å². The van der Waals surface area contributed by atoms with Crippen molar-refractivity contribution in [2.75, 3.05) is 43.2 Å². The fraction of sp³-hybridized carbons (Fsp3) is 0.278. The average Bonchev–Trinajstić information content (AvgIpc) is 2.67. The van der Waals surface area contributed by atoms with Gasteiger partial charge in [0.05, 0.1) is 30.7 Å². The molecule has 7 heteroatoms. The van der Waals surface area contributed by atoms with Gasteiger partial charge in [0.25, 0.3) is 5.91 Å². The first-order valence-electron chi connectivity index (χ1n) is 7.96. The maximum Gasteiger partial charge on any atom is 0.335 e. The summed E-state index contributed by atoms with van der Waals surface area (Å²) in [6.07, 6.45) is 1.66. The summed E-state index contributed by atoms with van der Waals surface area (Å²) in [6, 6.07) is 9.60. The van der Waals surface area contributed by atoms with Crippen molar-refractivity contribution < 1.29 is 19.4 Å². The van der Waals surface area contributed by atoms with Crippen molar-refractivity contribution in [3.8, 4) is 0 Å². The highest BCUT2D eigenvalue weighted by Gasteiger charge is 2.16. The van der Waals surface area contributed by atoms with Gasteiger partial charge in [-0.3, -0.25) is 4.79 Å². The van der Waals surface area contributed by atoms with Gasteiger partial charge in [-0.1, -0.05) is 0 Å². The molecule has 3 rings (SSSR count). The lowest BCUT2D eigenvalue weighted by atomic mass is 10.1. The molecule has 1 aromatic carbocycles. The molecule has 0 atom stereocenters. The summed E-state index contributed by atoms with van der Waals surface area (Å²) >= 11 is 0. The maximum atomic E-state index is 12.5. The van der Waals surface area contributed by atoms with Crippen LogP contribution in [0.5, 0.6) is 0 Å². The minimum Gasteiger partial charge on any atom is -0.478 e. The van der Waals surface area contributed by atoms with Crippen LogP contribution in [0, 0.1) is 0 Å². The van der Waals surface area contributed by atoms with Crippen LogP contribution in [0.2, 0.25) is 0 Å². The fourth-order valence-electron chi connectivity index (χ4n) is 2.62. The molecule has 0 aliphatic carbocycles. The third-order valence-electron chi connectivity index (χ3n) is 4.14. The highest BCUT2D eigenvalue weighted by atomic mass is 16.5. The third-order valence-corrected chi connectivity index (χ3v) is 4.14. The first kappa shape index (κ1) is 16.9. The number of nitrogens with zero attached hydrogens (tertiary/aromatic N) is 3. The van der Waals surface area contributed by atoms with E-state index in [0.717, 1.165) is 18.9 Å². The van der Waals surface area contributed by atoms with Gasteiger partial charge in [-0.2, -0.15) is 0 Å². The van der Waals surface area contributed by atoms with Crippen LogP contribution in [0.3, 0.4) is 0 Å². The van der Waals surface area contributed by atoms with Crippen LogP contribution < -0.4 is 9.80 Å². The molecule has 2 aromatic rings. The zero-order chi connectivity index (χ0) is 17.8. The number of morpholine rings is 1. The van der Waals surface area contributed by atoms with Gasteiger partial charge in [0.2, 0.25) is 0 Å². The molecule has 1 N–H and O–H groups in total. The van der Waals surface area contributed by atoms with Crippen molar-refractivity contribution >= 4 is 23.4 Å². The van der Waals surface area contributed by atoms with Gasteiger partial charge in [-0.05, 0) is 36.4 Å². The molecule has 1 aliphatic rings. The Morgan fingerprint density at radius 2 is 1.72 bits per heavy atom. The number of carbonyl (C=O) groups excluding carboxylic acids is 1. The summed E-state index contributed by atoms with van der Waals surface area (Å²) in [5.74, 6) is -0.383. The van der Waals surface area contributed by atoms with Crippen LogP contribution in [-0.4, -0.2) is 55.3 Å². The monoisotopic (exact) mass is 341 g/mol. The molecular formula is C18H19N3O4. The van der Waals surface area contributed by atoms with Crippen LogP contribution in [-0.2, 0) is 4.74 Å². The Morgan fingerprint density at radius 3 is 2.28 bits per heavy atom. The van der Waals surface area contributed by atoms with Gasteiger partial charge in [0, 0.05) is 25.7 Å². The lowest BCUT2D eigenvalue weighted by Gasteiger charge is -2.28. The lowest BCUT2D eigenvalue weighted by molar-refractivity contribution is 0.0696. The number of hydrogen-bond acceptors (Lipinski definition) is 5. The highest BCUT2D eigenvalue weighted by molar-refractivity contribution is 6.06. The van der Waals surface area contributed by atoms with Crippen molar-refractivity contribution in [3.63, 3.8) is 0 Å². The molecule has 0 bridgehead atoms. The molecule has 1 aliphatic heterocycles. The van der Waals surface area contributed by atoms with E-state index in [1.807, 2.05) is 12.1 Å². The molecule has 7 nitrogen and oxygen atoms in total. The number of carbonyl (C=O) groups is 2. The van der Waals surface area contributed by atoms with Gasteiger partial charge in [-0.15, -0.1) is 0 Å². The molecule has 2 heterocycles. The molecule has 1 saturated heterocycles. The number of carboxylic acid groups (broad SMARTS) is 1. The van der Waals surface area contributed by atoms with E-state index in [1.165, 1.54) is 29.2 Å². The van der Waals surface area contributed by atoms with Gasteiger partial charge in [0.15, 0.2) is 0 Å². The van der Waals surface area contributed by atoms with E-state index in [2.05, 4.69) is 9.88 Å². The highest BCUT2D eigenvalue weighted by Crippen LogP contribution is 2.19. The van der Waals surface area contributed by atoms with Crippen molar-refractivity contribution in [3.05, 3.63) is 53.7 Å². The lowest BCUT2D eigenvalue weighted by Crippen LogP contribution is -2.36. The molecule has 0 spiro atoms. The number of pyridine rings is 1. The smallest absolute Gasteiger partial charge is 0.335 e. The van der Waals surface area contributed by atoms with E-state index in [9.17, 15) is 9.59 Å². The third kappa shape index (κ3) is 3.77. The summed E-state index contributed by atoms with van der Waals surface area (Å²) in [7, 11) is 1.67. The topological polar surface area (TPSA) is 83.0 Å². The van der Waals surface area contributed by atoms with E-state index in [0.29, 0.717) is 24.5 Å². The van der Waals surface area contributed by atoms with E-state index in [1.54, 1.807) is 13.2 Å². The van der Waals surface area contributed by atoms with Crippen LogP contribution in [0.25, 0.3) is 0 Å².